The van der Waals surface area contributed by atoms with Crippen LogP contribution in [0.5, 0.6) is 0 Å². The summed E-state index contributed by atoms with van der Waals surface area (Å²) in [5, 5.41) is 1.92. The van der Waals surface area contributed by atoms with E-state index in [-0.39, 0.29) is 5.91 Å². The predicted octanol–water partition coefficient (Wildman–Crippen LogP) is 2.25. The Hall–Kier alpha value is -0.870. The fourth-order valence-electron chi connectivity index (χ4n) is 1.28. The van der Waals surface area contributed by atoms with Gasteiger partial charge in [0, 0.05) is 19.7 Å². The van der Waals surface area contributed by atoms with Crippen molar-refractivity contribution in [1.29, 1.82) is 0 Å². The van der Waals surface area contributed by atoms with Gasteiger partial charge in [0.15, 0.2) is 0 Å². The van der Waals surface area contributed by atoms with Crippen LogP contribution in [0.2, 0.25) is 0 Å². The molecular weight excluding hydrogens is 210 g/mol. The number of thiophene rings is 1. The third-order valence-corrected chi connectivity index (χ3v) is 2.97. The Kier molecular flexibility index (Phi) is 5.36. The molecule has 84 valence electrons. The van der Waals surface area contributed by atoms with Crippen LogP contribution < -0.4 is 0 Å². The molecular formula is C11H17NO2S. The molecule has 0 aliphatic heterocycles. The summed E-state index contributed by atoms with van der Waals surface area (Å²) in [6.45, 7) is 6.64. The Balaban J connectivity index is 2.47. The minimum absolute atomic E-state index is 0.104. The van der Waals surface area contributed by atoms with Crippen LogP contribution in [0, 0.1) is 0 Å². The Labute approximate surface area is 94.7 Å². The van der Waals surface area contributed by atoms with Crippen LogP contribution in [0.15, 0.2) is 17.5 Å². The average molecular weight is 227 g/mol. The standard InChI is InChI=1S/C11H17NO2S/c1-3-12(7-8-14-4-2)11(13)10-6-5-9-15-10/h5-6,9H,3-4,7-8H2,1-2H3. The summed E-state index contributed by atoms with van der Waals surface area (Å²) in [6.07, 6.45) is 0. The van der Waals surface area contributed by atoms with E-state index in [1.165, 1.54) is 11.3 Å². The normalized spacial score (nSPS) is 10.3. The maximum absolute atomic E-state index is 11.9. The lowest BCUT2D eigenvalue weighted by atomic mass is 10.4. The predicted molar refractivity (Wildman–Crippen MR) is 62.4 cm³/mol. The topological polar surface area (TPSA) is 29.5 Å². The summed E-state index contributed by atoms with van der Waals surface area (Å²) in [5.41, 5.74) is 0. The number of amides is 1. The van der Waals surface area contributed by atoms with Crippen LogP contribution in [0.3, 0.4) is 0 Å². The van der Waals surface area contributed by atoms with Crippen LogP contribution in [-0.4, -0.2) is 37.1 Å². The Morgan fingerprint density at radius 1 is 1.53 bits per heavy atom. The van der Waals surface area contributed by atoms with Gasteiger partial charge in [0.05, 0.1) is 11.5 Å². The number of carbonyl (C=O) groups excluding carboxylic acids is 1. The molecule has 0 spiro atoms. The molecule has 0 aliphatic rings. The minimum atomic E-state index is 0.104. The van der Waals surface area contributed by atoms with Gasteiger partial charge < -0.3 is 9.64 Å². The fourth-order valence-corrected chi connectivity index (χ4v) is 1.97. The first-order valence-electron chi connectivity index (χ1n) is 5.20. The van der Waals surface area contributed by atoms with E-state index in [2.05, 4.69) is 0 Å². The van der Waals surface area contributed by atoms with Crippen molar-refractivity contribution in [3.8, 4) is 0 Å². The van der Waals surface area contributed by atoms with Crippen LogP contribution in [0.4, 0.5) is 0 Å². The summed E-state index contributed by atoms with van der Waals surface area (Å²) in [7, 11) is 0. The largest absolute Gasteiger partial charge is 0.380 e. The van der Waals surface area contributed by atoms with Gasteiger partial charge in [-0.1, -0.05) is 6.07 Å². The Morgan fingerprint density at radius 2 is 2.33 bits per heavy atom. The van der Waals surface area contributed by atoms with Crippen molar-refractivity contribution in [1.82, 2.24) is 4.90 Å². The lowest BCUT2D eigenvalue weighted by Crippen LogP contribution is -2.33. The van der Waals surface area contributed by atoms with Crippen LogP contribution >= 0.6 is 11.3 Å². The molecule has 1 aromatic heterocycles. The molecule has 4 heteroatoms. The molecule has 15 heavy (non-hydrogen) atoms. The lowest BCUT2D eigenvalue weighted by molar-refractivity contribution is 0.0673. The lowest BCUT2D eigenvalue weighted by Gasteiger charge is -2.19. The highest BCUT2D eigenvalue weighted by atomic mass is 32.1. The second kappa shape index (κ2) is 6.58. The number of carbonyl (C=O) groups is 1. The molecule has 0 aromatic carbocycles. The van der Waals surface area contributed by atoms with E-state index in [0.29, 0.717) is 19.8 Å². The molecule has 1 amide bonds. The first kappa shape index (κ1) is 12.2. The maximum Gasteiger partial charge on any atom is 0.263 e. The van der Waals surface area contributed by atoms with E-state index in [9.17, 15) is 4.79 Å². The summed E-state index contributed by atoms with van der Waals surface area (Å²) in [5.74, 6) is 0.104. The molecule has 0 saturated heterocycles. The van der Waals surface area contributed by atoms with Gasteiger partial charge in [-0.3, -0.25) is 4.79 Å². The van der Waals surface area contributed by atoms with Gasteiger partial charge >= 0.3 is 0 Å². The van der Waals surface area contributed by atoms with Crippen molar-refractivity contribution in [2.24, 2.45) is 0 Å². The third kappa shape index (κ3) is 3.64. The Morgan fingerprint density at radius 3 is 2.87 bits per heavy atom. The molecule has 0 atom stereocenters. The van der Waals surface area contributed by atoms with Gasteiger partial charge in [0.2, 0.25) is 0 Å². The number of ether oxygens (including phenoxy) is 1. The van der Waals surface area contributed by atoms with Gasteiger partial charge in [0.25, 0.3) is 5.91 Å². The van der Waals surface area contributed by atoms with Crippen molar-refractivity contribution in [2.75, 3.05) is 26.3 Å². The summed E-state index contributed by atoms with van der Waals surface area (Å²) in [6, 6.07) is 3.75. The zero-order valence-electron chi connectivity index (χ0n) is 9.23. The first-order chi connectivity index (χ1) is 7.29. The van der Waals surface area contributed by atoms with Gasteiger partial charge in [-0.05, 0) is 25.3 Å². The molecule has 0 unspecified atom stereocenters. The highest BCUT2D eigenvalue weighted by Gasteiger charge is 2.14. The summed E-state index contributed by atoms with van der Waals surface area (Å²) < 4.78 is 5.24. The van der Waals surface area contributed by atoms with Crippen molar-refractivity contribution in [3.05, 3.63) is 22.4 Å². The highest BCUT2D eigenvalue weighted by molar-refractivity contribution is 7.12. The fraction of sp³-hybridized carbons (Fsp3) is 0.545. The zero-order chi connectivity index (χ0) is 11.1. The number of nitrogens with zero attached hydrogens (tertiary/aromatic N) is 1. The SMILES string of the molecule is CCOCCN(CC)C(=O)c1cccs1. The summed E-state index contributed by atoms with van der Waals surface area (Å²) in [4.78, 5) is 14.5. The average Bonchev–Trinajstić information content (AvgIpc) is 2.77. The van der Waals surface area contributed by atoms with E-state index < -0.39 is 0 Å². The van der Waals surface area contributed by atoms with E-state index in [0.717, 1.165) is 11.4 Å². The number of rotatable bonds is 6. The van der Waals surface area contributed by atoms with Crippen LogP contribution in [-0.2, 0) is 4.74 Å². The molecule has 0 bridgehead atoms. The van der Waals surface area contributed by atoms with E-state index >= 15 is 0 Å². The third-order valence-electron chi connectivity index (χ3n) is 2.11. The second-order valence-corrected chi connectivity index (χ2v) is 4.01. The quantitative estimate of drug-likeness (QED) is 0.698. The number of likely N-dealkylation sites (N-methyl/N-ethyl adjacent to an activating group) is 1. The number of hydrogen-bond donors (Lipinski definition) is 0. The smallest absolute Gasteiger partial charge is 0.263 e. The number of hydrogen-bond acceptors (Lipinski definition) is 3. The molecule has 0 N–H and O–H groups in total. The molecule has 0 fully saturated rings. The van der Waals surface area contributed by atoms with Crippen LogP contribution in [0.1, 0.15) is 23.5 Å². The van der Waals surface area contributed by atoms with E-state index in [1.807, 2.05) is 36.3 Å². The van der Waals surface area contributed by atoms with Gasteiger partial charge in [0.1, 0.15) is 0 Å². The second-order valence-electron chi connectivity index (χ2n) is 3.06. The summed E-state index contributed by atoms with van der Waals surface area (Å²) >= 11 is 1.48. The minimum Gasteiger partial charge on any atom is -0.380 e. The zero-order valence-corrected chi connectivity index (χ0v) is 10.0. The molecule has 0 radical (unpaired) electrons. The molecule has 1 heterocycles. The van der Waals surface area contributed by atoms with Crippen molar-refractivity contribution < 1.29 is 9.53 Å². The van der Waals surface area contributed by atoms with Crippen molar-refractivity contribution >= 4 is 17.2 Å². The maximum atomic E-state index is 11.9. The molecule has 1 rings (SSSR count). The van der Waals surface area contributed by atoms with Crippen molar-refractivity contribution in [3.63, 3.8) is 0 Å². The monoisotopic (exact) mass is 227 g/mol. The highest BCUT2D eigenvalue weighted by Crippen LogP contribution is 2.11. The van der Waals surface area contributed by atoms with E-state index in [4.69, 9.17) is 4.74 Å². The molecule has 0 aliphatic carbocycles. The molecule has 3 nitrogen and oxygen atoms in total. The van der Waals surface area contributed by atoms with Crippen LogP contribution in [0.25, 0.3) is 0 Å². The molecule has 0 saturated carbocycles. The van der Waals surface area contributed by atoms with E-state index in [1.54, 1.807) is 0 Å². The Bertz CT molecular complexity index is 285. The van der Waals surface area contributed by atoms with Crippen molar-refractivity contribution in [2.45, 2.75) is 13.8 Å². The van der Waals surface area contributed by atoms with Gasteiger partial charge in [-0.15, -0.1) is 11.3 Å². The van der Waals surface area contributed by atoms with Gasteiger partial charge in [-0.2, -0.15) is 0 Å². The van der Waals surface area contributed by atoms with Gasteiger partial charge in [-0.25, -0.2) is 0 Å². The molecule has 1 aromatic rings. The first-order valence-corrected chi connectivity index (χ1v) is 6.08.